The number of hydrogen-bond donors (Lipinski definition) is 0. The van der Waals surface area contributed by atoms with Crippen LogP contribution in [-0.4, -0.2) is 5.78 Å². The van der Waals surface area contributed by atoms with Crippen LogP contribution in [0.1, 0.15) is 29.8 Å². The Morgan fingerprint density at radius 1 is 1.46 bits per heavy atom. The zero-order chi connectivity index (χ0) is 9.10. The summed E-state index contributed by atoms with van der Waals surface area (Å²) in [5.41, 5.74) is 0. The van der Waals surface area contributed by atoms with Gasteiger partial charge >= 0.3 is 0 Å². The summed E-state index contributed by atoms with van der Waals surface area (Å²) in [7, 11) is 0. The fourth-order valence-electron chi connectivity index (χ4n) is 1.65. The van der Waals surface area contributed by atoms with Gasteiger partial charge in [-0.15, -0.1) is 0 Å². The highest BCUT2D eigenvalue weighted by Crippen LogP contribution is 2.22. The van der Waals surface area contributed by atoms with E-state index in [1.54, 1.807) is 18.4 Å². The molecule has 0 saturated heterocycles. The Balaban J connectivity index is 2.09. The molecule has 1 aromatic rings. The van der Waals surface area contributed by atoms with Crippen molar-refractivity contribution in [3.05, 3.63) is 36.3 Å². The molecule has 0 radical (unpaired) electrons. The molecule has 1 aliphatic carbocycles. The molecule has 0 bridgehead atoms. The zero-order valence-corrected chi connectivity index (χ0v) is 7.40. The molecular weight excluding hydrogens is 164 g/mol. The van der Waals surface area contributed by atoms with Crippen LogP contribution in [0.25, 0.3) is 0 Å². The average Bonchev–Trinajstić information content (AvgIpc) is 2.71. The van der Waals surface area contributed by atoms with E-state index in [0.29, 0.717) is 5.76 Å². The lowest BCUT2D eigenvalue weighted by atomic mass is 9.89. The van der Waals surface area contributed by atoms with Gasteiger partial charge in [-0.2, -0.15) is 0 Å². The maximum absolute atomic E-state index is 11.7. The molecule has 1 heterocycles. The second-order valence-electron chi connectivity index (χ2n) is 3.32. The van der Waals surface area contributed by atoms with Crippen LogP contribution in [0.2, 0.25) is 0 Å². The zero-order valence-electron chi connectivity index (χ0n) is 7.40. The number of allylic oxidation sites excluding steroid dienone is 2. The summed E-state index contributed by atoms with van der Waals surface area (Å²) in [6.07, 6.45) is 8.58. The third-order valence-electron chi connectivity index (χ3n) is 2.40. The van der Waals surface area contributed by atoms with Crippen LogP contribution in [-0.2, 0) is 0 Å². The molecule has 1 atom stereocenters. The van der Waals surface area contributed by atoms with Crippen molar-refractivity contribution < 1.29 is 9.21 Å². The van der Waals surface area contributed by atoms with E-state index in [1.165, 1.54) is 0 Å². The number of furan rings is 1. The van der Waals surface area contributed by atoms with Crippen molar-refractivity contribution >= 4 is 5.78 Å². The Bertz CT molecular complexity index is 309. The van der Waals surface area contributed by atoms with Gasteiger partial charge in [-0.3, -0.25) is 4.79 Å². The first-order chi connectivity index (χ1) is 6.38. The first-order valence-electron chi connectivity index (χ1n) is 4.60. The maximum atomic E-state index is 11.7. The predicted molar refractivity (Wildman–Crippen MR) is 49.5 cm³/mol. The molecule has 0 spiro atoms. The van der Waals surface area contributed by atoms with Gasteiger partial charge in [0, 0.05) is 5.92 Å². The quantitative estimate of drug-likeness (QED) is 0.512. The molecule has 0 N–H and O–H groups in total. The molecule has 2 nitrogen and oxygen atoms in total. The molecule has 2 rings (SSSR count). The van der Waals surface area contributed by atoms with E-state index in [4.69, 9.17) is 4.42 Å². The van der Waals surface area contributed by atoms with Crippen LogP contribution in [0.3, 0.4) is 0 Å². The van der Waals surface area contributed by atoms with E-state index in [0.717, 1.165) is 19.3 Å². The summed E-state index contributed by atoms with van der Waals surface area (Å²) >= 11 is 0. The van der Waals surface area contributed by atoms with E-state index in [2.05, 4.69) is 12.2 Å². The van der Waals surface area contributed by atoms with E-state index >= 15 is 0 Å². The van der Waals surface area contributed by atoms with E-state index in [-0.39, 0.29) is 11.7 Å². The van der Waals surface area contributed by atoms with Crippen LogP contribution in [0.4, 0.5) is 0 Å². The Hall–Kier alpha value is -1.31. The Kier molecular flexibility index (Phi) is 2.30. The highest BCUT2D eigenvalue weighted by Gasteiger charge is 2.21. The van der Waals surface area contributed by atoms with Crippen molar-refractivity contribution in [3.63, 3.8) is 0 Å². The number of Topliss-reactive ketones (excluding diaryl/α,β-unsaturated/α-hetero) is 1. The molecule has 68 valence electrons. The highest BCUT2D eigenvalue weighted by atomic mass is 16.3. The minimum absolute atomic E-state index is 0.135. The van der Waals surface area contributed by atoms with Gasteiger partial charge in [0.25, 0.3) is 0 Å². The standard InChI is InChI=1S/C11H12O2/c12-11(10-7-4-8-13-10)9-5-2-1-3-6-9/h1-2,4,7-9H,3,5-6H2/t9-/m1/s1. The largest absolute Gasteiger partial charge is 0.461 e. The van der Waals surface area contributed by atoms with Gasteiger partial charge in [-0.25, -0.2) is 0 Å². The van der Waals surface area contributed by atoms with Crippen LogP contribution in [0.15, 0.2) is 35.0 Å². The minimum Gasteiger partial charge on any atom is -0.461 e. The van der Waals surface area contributed by atoms with E-state index in [9.17, 15) is 4.79 Å². The SMILES string of the molecule is O=C(c1ccco1)[C@@H]1CC=CCC1. The van der Waals surface area contributed by atoms with Crippen LogP contribution in [0, 0.1) is 5.92 Å². The monoisotopic (exact) mass is 176 g/mol. The summed E-state index contributed by atoms with van der Waals surface area (Å²) in [5.74, 6) is 0.783. The van der Waals surface area contributed by atoms with Gasteiger partial charge in [0.1, 0.15) is 0 Å². The van der Waals surface area contributed by atoms with Crippen molar-refractivity contribution in [1.82, 2.24) is 0 Å². The predicted octanol–water partition coefficient (Wildman–Crippen LogP) is 2.82. The number of hydrogen-bond acceptors (Lipinski definition) is 2. The molecule has 0 aromatic carbocycles. The van der Waals surface area contributed by atoms with Crippen molar-refractivity contribution in [3.8, 4) is 0 Å². The van der Waals surface area contributed by atoms with Gasteiger partial charge in [0.2, 0.25) is 5.78 Å². The van der Waals surface area contributed by atoms with Crippen molar-refractivity contribution in [1.29, 1.82) is 0 Å². The van der Waals surface area contributed by atoms with Crippen molar-refractivity contribution in [2.45, 2.75) is 19.3 Å². The van der Waals surface area contributed by atoms with Crippen LogP contribution >= 0.6 is 0 Å². The summed E-state index contributed by atoms with van der Waals surface area (Å²) in [4.78, 5) is 11.7. The summed E-state index contributed by atoms with van der Waals surface area (Å²) < 4.78 is 5.07. The van der Waals surface area contributed by atoms with E-state index in [1.807, 2.05) is 0 Å². The number of carbonyl (C=O) groups is 1. The molecule has 0 unspecified atom stereocenters. The highest BCUT2D eigenvalue weighted by molar-refractivity contribution is 5.95. The Labute approximate surface area is 77.2 Å². The molecule has 1 aliphatic rings. The normalized spacial score (nSPS) is 21.7. The lowest BCUT2D eigenvalue weighted by molar-refractivity contribution is 0.0884. The Morgan fingerprint density at radius 3 is 3.00 bits per heavy atom. The number of ketones is 1. The first kappa shape index (κ1) is 8.30. The third-order valence-corrected chi connectivity index (χ3v) is 2.40. The van der Waals surface area contributed by atoms with Crippen LogP contribution in [0.5, 0.6) is 0 Å². The molecule has 0 saturated carbocycles. The number of rotatable bonds is 2. The lowest BCUT2D eigenvalue weighted by Crippen LogP contribution is -2.15. The number of carbonyl (C=O) groups excluding carboxylic acids is 1. The molecule has 0 aliphatic heterocycles. The summed E-state index contributed by atoms with van der Waals surface area (Å²) in [6.45, 7) is 0. The van der Waals surface area contributed by atoms with E-state index < -0.39 is 0 Å². The van der Waals surface area contributed by atoms with Gasteiger partial charge in [-0.05, 0) is 31.4 Å². The van der Waals surface area contributed by atoms with Crippen LogP contribution < -0.4 is 0 Å². The van der Waals surface area contributed by atoms with Gasteiger partial charge in [-0.1, -0.05) is 12.2 Å². The van der Waals surface area contributed by atoms with Crippen molar-refractivity contribution in [2.24, 2.45) is 5.92 Å². The van der Waals surface area contributed by atoms with Crippen molar-refractivity contribution in [2.75, 3.05) is 0 Å². The fraction of sp³-hybridized carbons (Fsp3) is 0.364. The molecule has 1 aromatic heterocycles. The molecule has 2 heteroatoms. The van der Waals surface area contributed by atoms with Gasteiger partial charge < -0.3 is 4.42 Å². The third kappa shape index (κ3) is 1.72. The smallest absolute Gasteiger partial charge is 0.201 e. The average molecular weight is 176 g/mol. The topological polar surface area (TPSA) is 30.2 Å². The molecule has 0 fully saturated rings. The Morgan fingerprint density at radius 2 is 2.38 bits per heavy atom. The lowest BCUT2D eigenvalue weighted by Gasteiger charge is -2.14. The maximum Gasteiger partial charge on any atom is 0.201 e. The van der Waals surface area contributed by atoms with Gasteiger partial charge in [0.05, 0.1) is 6.26 Å². The molecule has 13 heavy (non-hydrogen) atoms. The van der Waals surface area contributed by atoms with Gasteiger partial charge in [0.15, 0.2) is 5.76 Å². The fourth-order valence-corrected chi connectivity index (χ4v) is 1.65. The molecule has 0 amide bonds. The summed E-state index contributed by atoms with van der Waals surface area (Å²) in [6, 6.07) is 3.49. The minimum atomic E-state index is 0.135. The first-order valence-corrected chi connectivity index (χ1v) is 4.60. The second kappa shape index (κ2) is 3.60. The second-order valence-corrected chi connectivity index (χ2v) is 3.32. The summed E-state index contributed by atoms with van der Waals surface area (Å²) in [5, 5.41) is 0. The molecular formula is C11H12O2.